The van der Waals surface area contributed by atoms with Gasteiger partial charge in [-0.15, -0.1) is 0 Å². The second-order valence-electron chi connectivity index (χ2n) is 8.76. The maximum atomic E-state index is 13.1. The lowest BCUT2D eigenvalue weighted by Gasteiger charge is -2.26. The minimum atomic E-state index is -0.0883. The Kier molecular flexibility index (Phi) is 7.38. The molecule has 5 nitrogen and oxygen atoms in total. The van der Waals surface area contributed by atoms with Crippen molar-refractivity contribution in [3.63, 3.8) is 0 Å². The minimum absolute atomic E-state index is 0.0173. The van der Waals surface area contributed by atoms with Crippen LogP contribution in [0.25, 0.3) is 0 Å². The van der Waals surface area contributed by atoms with Crippen molar-refractivity contribution in [2.24, 2.45) is 0 Å². The highest BCUT2D eigenvalue weighted by molar-refractivity contribution is 6.04. The zero-order chi connectivity index (χ0) is 22.5. The molecule has 4 rings (SSSR count). The van der Waals surface area contributed by atoms with Gasteiger partial charge in [-0.1, -0.05) is 37.3 Å². The van der Waals surface area contributed by atoms with Gasteiger partial charge in [0.05, 0.1) is 18.8 Å². The highest BCUT2D eigenvalue weighted by Gasteiger charge is 2.36. The average Bonchev–Trinajstić information content (AvgIpc) is 3.17. The van der Waals surface area contributed by atoms with E-state index >= 15 is 0 Å². The van der Waals surface area contributed by atoms with Crippen LogP contribution in [0.2, 0.25) is 0 Å². The molecule has 2 aromatic carbocycles. The van der Waals surface area contributed by atoms with Crippen LogP contribution in [-0.4, -0.2) is 55.4 Å². The molecule has 170 valence electrons. The summed E-state index contributed by atoms with van der Waals surface area (Å²) in [5, 5.41) is 0. The fourth-order valence-electron chi connectivity index (χ4n) is 4.78. The van der Waals surface area contributed by atoms with Gasteiger partial charge in [0, 0.05) is 43.0 Å². The monoisotopic (exact) mass is 435 g/mol. The number of ether oxygens (including phenoxy) is 2. The summed E-state index contributed by atoms with van der Waals surface area (Å²) in [6, 6.07) is 13.9. The Bertz CT molecular complexity index is 950. The maximum absolute atomic E-state index is 13.1. The fourth-order valence-corrected chi connectivity index (χ4v) is 4.78. The van der Waals surface area contributed by atoms with E-state index in [1.54, 1.807) is 6.07 Å². The van der Waals surface area contributed by atoms with Gasteiger partial charge in [-0.05, 0) is 44.0 Å². The molecule has 2 aliphatic heterocycles. The summed E-state index contributed by atoms with van der Waals surface area (Å²) in [6.07, 6.45) is 2.63. The predicted molar refractivity (Wildman–Crippen MR) is 125 cm³/mol. The Morgan fingerprint density at radius 3 is 2.50 bits per heavy atom. The van der Waals surface area contributed by atoms with Crippen molar-refractivity contribution >= 4 is 11.6 Å². The lowest BCUT2D eigenvalue weighted by molar-refractivity contribution is 0.0371. The Morgan fingerprint density at radius 2 is 1.78 bits per heavy atom. The summed E-state index contributed by atoms with van der Waals surface area (Å²) in [4.78, 5) is 28.2. The molecule has 0 unspecified atom stereocenters. The lowest BCUT2D eigenvalue weighted by atomic mass is 9.85. The van der Waals surface area contributed by atoms with Crippen LogP contribution in [0, 0.1) is 0 Å². The summed E-state index contributed by atoms with van der Waals surface area (Å²) in [5.41, 5.74) is 3.28. The SMILES string of the molecule is CCC(=O)c1cc(C(=O)CCCCN2CCOCC2)cc2c1O[C@H](C)[C@H]2c1ccccc1. The van der Waals surface area contributed by atoms with Crippen LogP contribution < -0.4 is 4.74 Å². The Hall–Kier alpha value is -2.50. The number of fused-ring (bicyclic) bond motifs is 1. The van der Waals surface area contributed by atoms with Crippen molar-refractivity contribution in [2.75, 3.05) is 32.8 Å². The fraction of sp³-hybridized carbons (Fsp3) is 0.481. The third kappa shape index (κ3) is 4.94. The number of morpholine rings is 1. The molecule has 0 aromatic heterocycles. The summed E-state index contributed by atoms with van der Waals surface area (Å²) in [5.74, 6) is 0.793. The molecule has 0 radical (unpaired) electrons. The number of rotatable bonds is 9. The van der Waals surface area contributed by atoms with Gasteiger partial charge >= 0.3 is 0 Å². The predicted octanol–water partition coefficient (Wildman–Crippen LogP) is 4.88. The van der Waals surface area contributed by atoms with Crippen molar-refractivity contribution < 1.29 is 19.1 Å². The number of Topliss-reactive ketones (excluding diaryl/α,β-unsaturated/α-hetero) is 2. The molecule has 1 saturated heterocycles. The first-order valence-corrected chi connectivity index (χ1v) is 11.8. The number of carbonyl (C=O) groups excluding carboxylic acids is 2. The maximum Gasteiger partial charge on any atom is 0.166 e. The molecule has 5 heteroatoms. The number of hydrogen-bond donors (Lipinski definition) is 0. The Morgan fingerprint density at radius 1 is 1.03 bits per heavy atom. The number of unbranched alkanes of at least 4 members (excludes halogenated alkanes) is 1. The number of nitrogens with zero attached hydrogens (tertiary/aromatic N) is 1. The highest BCUT2D eigenvalue weighted by Crippen LogP contribution is 2.45. The van der Waals surface area contributed by atoms with E-state index in [0.717, 1.165) is 56.8 Å². The van der Waals surface area contributed by atoms with E-state index in [9.17, 15) is 9.59 Å². The first-order valence-electron chi connectivity index (χ1n) is 11.8. The van der Waals surface area contributed by atoms with Crippen LogP contribution in [0.5, 0.6) is 5.75 Å². The van der Waals surface area contributed by atoms with Crippen LogP contribution in [0.4, 0.5) is 0 Å². The van der Waals surface area contributed by atoms with Gasteiger partial charge in [0.2, 0.25) is 0 Å². The number of carbonyl (C=O) groups is 2. The molecule has 0 amide bonds. The molecule has 0 aliphatic carbocycles. The molecule has 0 saturated carbocycles. The van der Waals surface area contributed by atoms with Crippen molar-refractivity contribution in [3.05, 3.63) is 64.7 Å². The summed E-state index contributed by atoms with van der Waals surface area (Å²) in [7, 11) is 0. The summed E-state index contributed by atoms with van der Waals surface area (Å²) < 4.78 is 11.6. The third-order valence-electron chi connectivity index (χ3n) is 6.56. The normalized spacial score (nSPS) is 20.6. The van der Waals surface area contributed by atoms with Crippen molar-refractivity contribution in [1.29, 1.82) is 0 Å². The average molecular weight is 436 g/mol. The summed E-state index contributed by atoms with van der Waals surface area (Å²) in [6.45, 7) is 8.42. The van der Waals surface area contributed by atoms with E-state index in [1.807, 2.05) is 38.1 Å². The molecule has 2 heterocycles. The first-order chi connectivity index (χ1) is 15.6. The Labute approximate surface area is 190 Å². The number of hydrogen-bond acceptors (Lipinski definition) is 5. The van der Waals surface area contributed by atoms with Crippen molar-refractivity contribution in [1.82, 2.24) is 4.90 Å². The molecule has 1 fully saturated rings. The van der Waals surface area contributed by atoms with E-state index in [1.165, 1.54) is 0 Å². The second kappa shape index (κ2) is 10.4. The zero-order valence-corrected chi connectivity index (χ0v) is 19.1. The quantitative estimate of drug-likeness (QED) is 0.415. The standard InChI is InChI=1S/C27H33NO4/c1-3-24(29)22-17-21(25(30)11-7-8-12-28-13-15-31-16-14-28)18-23-26(19(2)32-27(22)23)20-9-5-4-6-10-20/h4-6,9-10,17-19,26H,3,7-8,11-16H2,1-2H3/t19-,26+/m1/s1. The lowest BCUT2D eigenvalue weighted by Crippen LogP contribution is -2.36. The van der Waals surface area contributed by atoms with Crippen LogP contribution in [0.1, 0.15) is 77.3 Å². The molecule has 2 aromatic rings. The zero-order valence-electron chi connectivity index (χ0n) is 19.1. The van der Waals surface area contributed by atoms with E-state index in [2.05, 4.69) is 17.0 Å². The third-order valence-corrected chi connectivity index (χ3v) is 6.56. The highest BCUT2D eigenvalue weighted by atomic mass is 16.5. The Balaban J connectivity index is 1.53. The van der Waals surface area contributed by atoms with Gasteiger partial charge in [-0.2, -0.15) is 0 Å². The molecule has 2 atom stereocenters. The van der Waals surface area contributed by atoms with Gasteiger partial charge in [-0.3, -0.25) is 14.5 Å². The van der Waals surface area contributed by atoms with Gasteiger partial charge in [-0.25, -0.2) is 0 Å². The van der Waals surface area contributed by atoms with Crippen LogP contribution in [0.3, 0.4) is 0 Å². The minimum Gasteiger partial charge on any atom is -0.489 e. The number of ketones is 2. The van der Waals surface area contributed by atoms with Crippen LogP contribution in [0.15, 0.2) is 42.5 Å². The van der Waals surface area contributed by atoms with E-state index < -0.39 is 0 Å². The molecule has 32 heavy (non-hydrogen) atoms. The van der Waals surface area contributed by atoms with Gasteiger partial charge in [0.1, 0.15) is 11.9 Å². The molecular weight excluding hydrogens is 402 g/mol. The van der Waals surface area contributed by atoms with Crippen molar-refractivity contribution in [2.45, 2.75) is 51.6 Å². The molecular formula is C27H33NO4. The molecule has 2 aliphatic rings. The van der Waals surface area contributed by atoms with Gasteiger partial charge in [0.25, 0.3) is 0 Å². The summed E-state index contributed by atoms with van der Waals surface area (Å²) >= 11 is 0. The molecule has 0 N–H and O–H groups in total. The van der Waals surface area contributed by atoms with Crippen LogP contribution in [-0.2, 0) is 4.74 Å². The molecule has 0 bridgehead atoms. The van der Waals surface area contributed by atoms with E-state index in [-0.39, 0.29) is 23.6 Å². The second-order valence-corrected chi connectivity index (χ2v) is 8.76. The van der Waals surface area contributed by atoms with Gasteiger partial charge < -0.3 is 9.47 Å². The first kappa shape index (κ1) is 22.7. The number of benzene rings is 2. The topological polar surface area (TPSA) is 55.8 Å². The van der Waals surface area contributed by atoms with Crippen molar-refractivity contribution in [3.8, 4) is 5.75 Å². The largest absolute Gasteiger partial charge is 0.489 e. The van der Waals surface area contributed by atoms with Crippen LogP contribution >= 0.6 is 0 Å². The van der Waals surface area contributed by atoms with E-state index in [4.69, 9.17) is 9.47 Å². The molecule has 0 spiro atoms. The van der Waals surface area contributed by atoms with Gasteiger partial charge in [0.15, 0.2) is 11.6 Å². The smallest absolute Gasteiger partial charge is 0.166 e. The van der Waals surface area contributed by atoms with E-state index in [0.29, 0.717) is 29.7 Å².